The Morgan fingerprint density at radius 2 is 1.81 bits per heavy atom. The quantitative estimate of drug-likeness (QED) is 0.627. The normalized spacial score (nSPS) is 18.3. The first kappa shape index (κ1) is 17.7. The third-order valence-corrected chi connectivity index (χ3v) is 5.30. The maximum absolute atomic E-state index is 12.8. The number of alkyl halides is 1. The van der Waals surface area contributed by atoms with Crippen molar-refractivity contribution in [2.75, 3.05) is 13.1 Å². The number of piperidine rings is 1. The minimum absolute atomic E-state index is 0.0345. The Bertz CT molecular complexity index is 898. The number of hydrogen-bond donors (Lipinski definition) is 0. The third-order valence-electron chi connectivity index (χ3n) is 4.87. The van der Waals surface area contributed by atoms with E-state index in [0.717, 1.165) is 24.0 Å². The zero-order chi connectivity index (χ0) is 18.6. The SMILES string of the molecule is O=C(C(Cl)c1ccccc1)N1CCCC(c2nc(-c3ccccc3)no2)C1. The van der Waals surface area contributed by atoms with E-state index in [2.05, 4.69) is 10.1 Å². The van der Waals surface area contributed by atoms with E-state index in [-0.39, 0.29) is 11.8 Å². The molecule has 0 saturated carbocycles. The van der Waals surface area contributed by atoms with Crippen molar-refractivity contribution in [2.24, 2.45) is 0 Å². The van der Waals surface area contributed by atoms with Crippen LogP contribution in [0.1, 0.15) is 35.6 Å². The second-order valence-electron chi connectivity index (χ2n) is 6.72. The predicted octanol–water partition coefficient (Wildman–Crippen LogP) is 4.42. The standard InChI is InChI=1S/C21H20ClN3O2/c22-18(15-8-3-1-4-9-15)21(26)25-13-7-12-17(14-25)20-23-19(24-27-20)16-10-5-2-6-11-16/h1-6,8-11,17-18H,7,12-14H2. The predicted molar refractivity (Wildman–Crippen MR) is 103 cm³/mol. The summed E-state index contributed by atoms with van der Waals surface area (Å²) in [4.78, 5) is 19.2. The molecule has 4 rings (SSSR count). The van der Waals surface area contributed by atoms with Gasteiger partial charge in [-0.05, 0) is 18.4 Å². The molecule has 2 atom stereocenters. The van der Waals surface area contributed by atoms with E-state index < -0.39 is 5.38 Å². The Balaban J connectivity index is 1.47. The monoisotopic (exact) mass is 381 g/mol. The fourth-order valence-electron chi connectivity index (χ4n) is 3.41. The lowest BCUT2D eigenvalue weighted by molar-refractivity contribution is -0.132. The van der Waals surface area contributed by atoms with Gasteiger partial charge in [-0.25, -0.2) is 0 Å². The second kappa shape index (κ2) is 7.92. The molecule has 27 heavy (non-hydrogen) atoms. The second-order valence-corrected chi connectivity index (χ2v) is 7.16. The fourth-order valence-corrected chi connectivity index (χ4v) is 3.69. The molecule has 0 N–H and O–H groups in total. The van der Waals surface area contributed by atoms with Gasteiger partial charge in [0.15, 0.2) is 0 Å². The van der Waals surface area contributed by atoms with Gasteiger partial charge in [0, 0.05) is 18.7 Å². The largest absolute Gasteiger partial charge is 0.340 e. The first-order valence-corrected chi connectivity index (χ1v) is 9.53. The highest BCUT2D eigenvalue weighted by molar-refractivity contribution is 6.30. The molecule has 6 heteroatoms. The molecule has 1 saturated heterocycles. The summed E-state index contributed by atoms with van der Waals surface area (Å²) in [5.74, 6) is 1.12. The van der Waals surface area contributed by atoms with Crippen LogP contribution in [0, 0.1) is 0 Å². The number of halogens is 1. The van der Waals surface area contributed by atoms with Crippen molar-refractivity contribution in [1.29, 1.82) is 0 Å². The number of benzene rings is 2. The first-order valence-electron chi connectivity index (χ1n) is 9.09. The number of rotatable bonds is 4. The molecule has 1 amide bonds. The molecule has 1 aliphatic heterocycles. The minimum Gasteiger partial charge on any atom is -0.340 e. The fraction of sp³-hybridized carbons (Fsp3) is 0.286. The Kier molecular flexibility index (Phi) is 5.21. The summed E-state index contributed by atoms with van der Waals surface area (Å²) >= 11 is 6.43. The van der Waals surface area contributed by atoms with E-state index in [1.807, 2.05) is 65.6 Å². The Morgan fingerprint density at radius 1 is 1.11 bits per heavy atom. The highest BCUT2D eigenvalue weighted by Gasteiger charge is 2.31. The van der Waals surface area contributed by atoms with Gasteiger partial charge in [-0.15, -0.1) is 11.6 Å². The van der Waals surface area contributed by atoms with Gasteiger partial charge in [0.1, 0.15) is 5.38 Å². The Labute approximate surface area is 163 Å². The van der Waals surface area contributed by atoms with Gasteiger partial charge in [0.25, 0.3) is 0 Å². The smallest absolute Gasteiger partial charge is 0.245 e. The van der Waals surface area contributed by atoms with Crippen LogP contribution in [0.5, 0.6) is 0 Å². The van der Waals surface area contributed by atoms with Gasteiger partial charge in [0.2, 0.25) is 17.6 Å². The molecule has 5 nitrogen and oxygen atoms in total. The number of likely N-dealkylation sites (tertiary alicyclic amines) is 1. The van der Waals surface area contributed by atoms with Gasteiger partial charge in [0.05, 0.1) is 5.92 Å². The average Bonchev–Trinajstić information content (AvgIpc) is 3.24. The summed E-state index contributed by atoms with van der Waals surface area (Å²) in [6.07, 6.45) is 1.80. The van der Waals surface area contributed by atoms with Gasteiger partial charge in [-0.1, -0.05) is 65.8 Å². The van der Waals surface area contributed by atoms with Gasteiger partial charge in [-0.2, -0.15) is 4.98 Å². The molecule has 1 fully saturated rings. The molecule has 1 aromatic heterocycles. The number of hydrogen-bond acceptors (Lipinski definition) is 4. The van der Waals surface area contributed by atoms with Crippen LogP contribution >= 0.6 is 11.6 Å². The Morgan fingerprint density at radius 3 is 2.56 bits per heavy atom. The van der Waals surface area contributed by atoms with Crippen LogP contribution in [0.3, 0.4) is 0 Å². The molecule has 0 spiro atoms. The summed E-state index contributed by atoms with van der Waals surface area (Å²) in [6.45, 7) is 1.25. The maximum Gasteiger partial charge on any atom is 0.245 e. The average molecular weight is 382 g/mol. The van der Waals surface area contributed by atoms with E-state index in [0.29, 0.717) is 24.8 Å². The summed E-state index contributed by atoms with van der Waals surface area (Å²) < 4.78 is 5.50. The number of nitrogens with zero attached hydrogens (tertiary/aromatic N) is 3. The number of aromatic nitrogens is 2. The number of amides is 1. The van der Waals surface area contributed by atoms with Crippen molar-refractivity contribution in [1.82, 2.24) is 15.0 Å². The minimum atomic E-state index is -0.674. The van der Waals surface area contributed by atoms with Crippen LogP contribution in [0.2, 0.25) is 0 Å². The molecule has 2 aromatic carbocycles. The van der Waals surface area contributed by atoms with Crippen LogP contribution in [0.4, 0.5) is 0 Å². The van der Waals surface area contributed by atoms with E-state index in [9.17, 15) is 4.79 Å². The maximum atomic E-state index is 12.8. The van der Waals surface area contributed by atoms with Crippen molar-refractivity contribution in [3.63, 3.8) is 0 Å². The van der Waals surface area contributed by atoms with Gasteiger partial charge >= 0.3 is 0 Å². The van der Waals surface area contributed by atoms with Crippen molar-refractivity contribution < 1.29 is 9.32 Å². The molecule has 0 bridgehead atoms. The zero-order valence-electron chi connectivity index (χ0n) is 14.8. The Hall–Kier alpha value is -2.66. The number of carbonyl (C=O) groups excluding carboxylic acids is 1. The summed E-state index contributed by atoms with van der Waals surface area (Å²) in [5, 5.41) is 3.43. The van der Waals surface area contributed by atoms with Crippen molar-refractivity contribution in [2.45, 2.75) is 24.1 Å². The molecule has 0 radical (unpaired) electrons. The summed E-state index contributed by atoms with van der Waals surface area (Å²) in [7, 11) is 0. The van der Waals surface area contributed by atoms with Crippen molar-refractivity contribution in [3.05, 3.63) is 72.1 Å². The van der Waals surface area contributed by atoms with E-state index in [1.54, 1.807) is 0 Å². The van der Waals surface area contributed by atoms with Crippen LogP contribution in [0.25, 0.3) is 11.4 Å². The molecule has 2 heterocycles. The molecule has 138 valence electrons. The zero-order valence-corrected chi connectivity index (χ0v) is 15.5. The topological polar surface area (TPSA) is 59.2 Å². The highest BCUT2D eigenvalue weighted by atomic mass is 35.5. The van der Waals surface area contributed by atoms with E-state index in [4.69, 9.17) is 16.1 Å². The lowest BCUT2D eigenvalue weighted by Gasteiger charge is -2.32. The summed E-state index contributed by atoms with van der Waals surface area (Å²) in [6, 6.07) is 19.2. The van der Waals surface area contributed by atoms with Gasteiger partial charge < -0.3 is 9.42 Å². The van der Waals surface area contributed by atoms with Gasteiger partial charge in [-0.3, -0.25) is 4.79 Å². The molecular weight excluding hydrogens is 362 g/mol. The van der Waals surface area contributed by atoms with E-state index in [1.165, 1.54) is 0 Å². The van der Waals surface area contributed by atoms with Crippen molar-refractivity contribution in [3.8, 4) is 11.4 Å². The lowest BCUT2D eigenvalue weighted by atomic mass is 9.97. The first-order chi connectivity index (χ1) is 13.2. The molecule has 3 aromatic rings. The van der Waals surface area contributed by atoms with Crippen LogP contribution < -0.4 is 0 Å². The van der Waals surface area contributed by atoms with Crippen molar-refractivity contribution >= 4 is 17.5 Å². The number of carbonyl (C=O) groups is 1. The molecule has 0 aliphatic carbocycles. The molecule has 1 aliphatic rings. The summed E-state index contributed by atoms with van der Waals surface area (Å²) in [5.41, 5.74) is 1.73. The third kappa shape index (κ3) is 3.88. The van der Waals surface area contributed by atoms with Crippen LogP contribution in [-0.2, 0) is 4.79 Å². The molecule has 2 unspecified atom stereocenters. The van der Waals surface area contributed by atoms with E-state index >= 15 is 0 Å². The lowest BCUT2D eigenvalue weighted by Crippen LogP contribution is -2.40. The van der Waals surface area contributed by atoms with Crippen LogP contribution in [-0.4, -0.2) is 34.0 Å². The molecular formula is C21H20ClN3O2. The van der Waals surface area contributed by atoms with Crippen LogP contribution in [0.15, 0.2) is 65.2 Å². The highest BCUT2D eigenvalue weighted by Crippen LogP contribution is 2.30.